The number of H-pyrrole nitrogens is 1. The molecule has 0 saturated heterocycles. The Morgan fingerprint density at radius 2 is 2.09 bits per heavy atom. The zero-order chi connectivity index (χ0) is 16.2. The maximum Gasteiger partial charge on any atom is 0.224 e. The highest BCUT2D eigenvalue weighted by Gasteiger charge is 2.12. The van der Waals surface area contributed by atoms with Gasteiger partial charge >= 0.3 is 0 Å². The van der Waals surface area contributed by atoms with Crippen molar-refractivity contribution >= 4 is 16.9 Å². The van der Waals surface area contributed by atoms with Gasteiger partial charge in [-0.3, -0.25) is 4.79 Å². The van der Waals surface area contributed by atoms with Crippen LogP contribution in [0.3, 0.4) is 0 Å². The van der Waals surface area contributed by atoms with Crippen LogP contribution in [0.5, 0.6) is 5.75 Å². The summed E-state index contributed by atoms with van der Waals surface area (Å²) in [5.41, 5.74) is 2.80. The molecule has 0 aliphatic rings. The molecule has 3 aromatic rings. The Labute approximate surface area is 134 Å². The first-order valence-electron chi connectivity index (χ1n) is 7.51. The zero-order valence-corrected chi connectivity index (χ0v) is 13.2. The molecule has 2 heterocycles. The minimum atomic E-state index is -0.0586. The number of aromatic amines is 1. The van der Waals surface area contributed by atoms with Crippen molar-refractivity contribution in [1.82, 2.24) is 15.3 Å². The number of hydrogen-bond donors (Lipinski definition) is 2. The van der Waals surface area contributed by atoms with Gasteiger partial charge in [-0.15, -0.1) is 0 Å². The summed E-state index contributed by atoms with van der Waals surface area (Å²) in [6, 6.07) is 11.5. The number of rotatable bonds is 5. The molecular formula is C18H19N3O2. The van der Waals surface area contributed by atoms with E-state index < -0.39 is 0 Å². The Balaban J connectivity index is 1.66. The smallest absolute Gasteiger partial charge is 0.224 e. The van der Waals surface area contributed by atoms with Crippen molar-refractivity contribution in [3.8, 4) is 5.75 Å². The summed E-state index contributed by atoms with van der Waals surface area (Å²) in [7, 11) is 1.64. The summed E-state index contributed by atoms with van der Waals surface area (Å²) in [5.74, 6) is 0.789. The van der Waals surface area contributed by atoms with Gasteiger partial charge in [0.1, 0.15) is 11.4 Å². The summed E-state index contributed by atoms with van der Waals surface area (Å²) in [6.45, 7) is 1.97. The zero-order valence-electron chi connectivity index (χ0n) is 13.2. The first-order valence-corrected chi connectivity index (χ1v) is 7.51. The highest BCUT2D eigenvalue weighted by atomic mass is 16.5. The summed E-state index contributed by atoms with van der Waals surface area (Å²) >= 11 is 0. The fraction of sp³-hybridized carbons (Fsp3) is 0.222. The van der Waals surface area contributed by atoms with Gasteiger partial charge in [-0.1, -0.05) is 12.1 Å². The van der Waals surface area contributed by atoms with E-state index in [4.69, 9.17) is 4.74 Å². The minimum Gasteiger partial charge on any atom is -0.497 e. The van der Waals surface area contributed by atoms with E-state index >= 15 is 0 Å². The first kappa shape index (κ1) is 15.1. The van der Waals surface area contributed by atoms with Crippen molar-refractivity contribution in [2.24, 2.45) is 0 Å². The standard InChI is InChI=1S/C18H19N3O2/c1-12(13-5-7-15(23-2)8-6-13)21-17(22)10-14-11-20-18-16(14)4-3-9-19-18/h3-9,11-12H,10H2,1-2H3,(H,19,20)(H,21,22). The van der Waals surface area contributed by atoms with Crippen LogP contribution in [0.2, 0.25) is 0 Å². The molecule has 0 fully saturated rings. The molecule has 2 N–H and O–H groups in total. The van der Waals surface area contributed by atoms with E-state index in [0.717, 1.165) is 27.9 Å². The van der Waals surface area contributed by atoms with Gasteiger partial charge in [0.25, 0.3) is 0 Å². The van der Waals surface area contributed by atoms with E-state index in [1.807, 2.05) is 49.5 Å². The number of pyridine rings is 1. The van der Waals surface area contributed by atoms with Crippen LogP contribution in [0, 0.1) is 0 Å². The number of methoxy groups -OCH3 is 1. The lowest BCUT2D eigenvalue weighted by Gasteiger charge is -2.14. The Bertz CT molecular complexity index is 809. The topological polar surface area (TPSA) is 67.0 Å². The first-order chi connectivity index (χ1) is 11.2. The van der Waals surface area contributed by atoms with Crippen LogP contribution in [0.1, 0.15) is 24.1 Å². The van der Waals surface area contributed by atoms with Crippen molar-refractivity contribution in [2.75, 3.05) is 7.11 Å². The molecule has 0 aliphatic carbocycles. The molecule has 5 heteroatoms. The maximum absolute atomic E-state index is 12.3. The Morgan fingerprint density at radius 3 is 2.83 bits per heavy atom. The molecule has 2 aromatic heterocycles. The van der Waals surface area contributed by atoms with Crippen molar-refractivity contribution in [3.63, 3.8) is 0 Å². The highest BCUT2D eigenvalue weighted by Crippen LogP contribution is 2.19. The van der Waals surface area contributed by atoms with Crippen LogP contribution < -0.4 is 10.1 Å². The predicted molar refractivity (Wildman–Crippen MR) is 89.3 cm³/mol. The molecule has 0 bridgehead atoms. The number of carbonyl (C=O) groups is 1. The Kier molecular flexibility index (Phi) is 4.28. The summed E-state index contributed by atoms with van der Waals surface area (Å²) in [5, 5.41) is 4.01. The maximum atomic E-state index is 12.3. The molecule has 118 valence electrons. The Hall–Kier alpha value is -2.82. The lowest BCUT2D eigenvalue weighted by molar-refractivity contribution is -0.121. The average Bonchev–Trinajstić information content (AvgIpc) is 2.98. The van der Waals surface area contributed by atoms with Gasteiger partial charge in [0.2, 0.25) is 5.91 Å². The summed E-state index contributed by atoms with van der Waals surface area (Å²) in [6.07, 6.45) is 3.90. The number of aromatic nitrogens is 2. The lowest BCUT2D eigenvalue weighted by atomic mass is 10.1. The SMILES string of the molecule is COc1ccc(C(C)NC(=O)Cc2c[nH]c3ncccc23)cc1. The third-order valence-electron chi connectivity index (χ3n) is 3.88. The number of nitrogens with one attached hydrogen (secondary N) is 2. The molecule has 1 amide bonds. The third-order valence-corrected chi connectivity index (χ3v) is 3.88. The molecule has 1 unspecified atom stereocenters. The van der Waals surface area contributed by atoms with Gasteiger partial charge in [0.15, 0.2) is 0 Å². The largest absolute Gasteiger partial charge is 0.497 e. The van der Waals surface area contributed by atoms with E-state index in [9.17, 15) is 4.79 Å². The van der Waals surface area contributed by atoms with Gasteiger partial charge in [0, 0.05) is 17.8 Å². The van der Waals surface area contributed by atoms with E-state index in [2.05, 4.69) is 15.3 Å². The number of ether oxygens (including phenoxy) is 1. The normalized spacial score (nSPS) is 12.1. The number of amides is 1. The molecule has 0 saturated carbocycles. The van der Waals surface area contributed by atoms with Crippen molar-refractivity contribution in [2.45, 2.75) is 19.4 Å². The molecule has 23 heavy (non-hydrogen) atoms. The minimum absolute atomic E-state index is 0.0157. The number of benzene rings is 1. The quantitative estimate of drug-likeness (QED) is 0.761. The lowest BCUT2D eigenvalue weighted by Crippen LogP contribution is -2.28. The molecule has 0 aliphatic heterocycles. The summed E-state index contributed by atoms with van der Waals surface area (Å²) in [4.78, 5) is 19.6. The second-order valence-electron chi connectivity index (χ2n) is 5.45. The fourth-order valence-corrected chi connectivity index (χ4v) is 2.60. The van der Waals surface area contributed by atoms with Crippen LogP contribution in [-0.4, -0.2) is 23.0 Å². The molecule has 0 spiro atoms. The van der Waals surface area contributed by atoms with Crippen molar-refractivity contribution in [1.29, 1.82) is 0 Å². The second kappa shape index (κ2) is 6.52. The van der Waals surface area contributed by atoms with Gasteiger partial charge < -0.3 is 15.0 Å². The number of nitrogens with zero attached hydrogens (tertiary/aromatic N) is 1. The van der Waals surface area contributed by atoms with Crippen molar-refractivity contribution in [3.05, 3.63) is 59.9 Å². The van der Waals surface area contributed by atoms with Gasteiger partial charge in [0.05, 0.1) is 19.6 Å². The molecule has 0 radical (unpaired) electrons. The molecule has 5 nitrogen and oxygen atoms in total. The highest BCUT2D eigenvalue weighted by molar-refractivity contribution is 5.87. The number of fused-ring (bicyclic) bond motifs is 1. The van der Waals surface area contributed by atoms with E-state index in [0.29, 0.717) is 6.42 Å². The fourth-order valence-electron chi connectivity index (χ4n) is 2.60. The Morgan fingerprint density at radius 1 is 1.30 bits per heavy atom. The van der Waals surface area contributed by atoms with Crippen LogP contribution in [0.25, 0.3) is 11.0 Å². The van der Waals surface area contributed by atoms with E-state index in [-0.39, 0.29) is 11.9 Å². The van der Waals surface area contributed by atoms with Gasteiger partial charge in [-0.2, -0.15) is 0 Å². The number of hydrogen-bond acceptors (Lipinski definition) is 3. The van der Waals surface area contributed by atoms with Crippen LogP contribution in [-0.2, 0) is 11.2 Å². The third kappa shape index (κ3) is 3.34. The molecular weight excluding hydrogens is 290 g/mol. The molecule has 1 atom stereocenters. The molecule has 1 aromatic carbocycles. The second-order valence-corrected chi connectivity index (χ2v) is 5.45. The molecule has 3 rings (SSSR count). The van der Waals surface area contributed by atoms with Crippen LogP contribution in [0.15, 0.2) is 48.8 Å². The van der Waals surface area contributed by atoms with Crippen LogP contribution >= 0.6 is 0 Å². The van der Waals surface area contributed by atoms with E-state index in [1.165, 1.54) is 0 Å². The predicted octanol–water partition coefficient (Wildman–Crippen LogP) is 2.99. The van der Waals surface area contributed by atoms with Gasteiger partial charge in [-0.25, -0.2) is 4.98 Å². The summed E-state index contributed by atoms with van der Waals surface area (Å²) < 4.78 is 5.14. The van der Waals surface area contributed by atoms with E-state index in [1.54, 1.807) is 13.3 Å². The van der Waals surface area contributed by atoms with Gasteiger partial charge in [-0.05, 0) is 42.3 Å². The van der Waals surface area contributed by atoms with Crippen molar-refractivity contribution < 1.29 is 9.53 Å². The number of carbonyl (C=O) groups excluding carboxylic acids is 1. The average molecular weight is 309 g/mol. The van der Waals surface area contributed by atoms with Crippen LogP contribution in [0.4, 0.5) is 0 Å². The monoisotopic (exact) mass is 309 g/mol.